The first-order valence-electron chi connectivity index (χ1n) is 8.19. The maximum absolute atomic E-state index is 4.61. The normalized spacial score (nSPS) is 24.7. The number of aromatic nitrogens is 2. The van der Waals surface area contributed by atoms with Gasteiger partial charge in [0.1, 0.15) is 0 Å². The van der Waals surface area contributed by atoms with Gasteiger partial charge in [-0.15, -0.1) is 0 Å². The van der Waals surface area contributed by atoms with Crippen LogP contribution in [0.2, 0.25) is 0 Å². The van der Waals surface area contributed by atoms with Crippen LogP contribution in [0.1, 0.15) is 24.7 Å². The van der Waals surface area contributed by atoms with Crippen LogP contribution in [0.25, 0.3) is 0 Å². The average molecular weight is 289 g/mol. The molecule has 21 heavy (non-hydrogen) atoms. The van der Waals surface area contributed by atoms with E-state index in [1.54, 1.807) is 0 Å². The number of aryl methyl sites for hydroxylation is 2. The van der Waals surface area contributed by atoms with E-state index >= 15 is 0 Å². The van der Waals surface area contributed by atoms with Gasteiger partial charge in [0.25, 0.3) is 0 Å². The van der Waals surface area contributed by atoms with Crippen molar-refractivity contribution in [2.45, 2.75) is 33.2 Å². The molecule has 0 saturated carbocycles. The second-order valence-corrected chi connectivity index (χ2v) is 6.31. The van der Waals surface area contributed by atoms with Gasteiger partial charge in [0.05, 0.1) is 0 Å². The molecule has 3 rings (SSSR count). The molecule has 1 atom stereocenters. The molecule has 1 unspecified atom stereocenters. The molecule has 1 aromatic rings. The third-order valence-corrected chi connectivity index (χ3v) is 4.79. The van der Waals surface area contributed by atoms with Crippen molar-refractivity contribution in [1.29, 1.82) is 0 Å². The Morgan fingerprint density at radius 1 is 1.05 bits per heavy atom. The molecule has 0 aliphatic carbocycles. The van der Waals surface area contributed by atoms with Gasteiger partial charge in [-0.1, -0.05) is 6.92 Å². The molecule has 0 N–H and O–H groups in total. The highest BCUT2D eigenvalue weighted by Crippen LogP contribution is 2.21. The van der Waals surface area contributed by atoms with E-state index in [1.165, 1.54) is 39.1 Å². The monoisotopic (exact) mass is 289 g/mol. The Morgan fingerprint density at radius 3 is 2.33 bits per heavy atom. The standard InChI is InChI=1S/C16H27N5/c1-4-19-7-9-20(10-8-19)15-5-6-21(12-15)16-17-13(2)11-14(3)18-16/h11,15H,4-10,12H2,1-3H3. The van der Waals surface area contributed by atoms with Crippen LogP contribution in [0.3, 0.4) is 0 Å². The molecule has 5 nitrogen and oxygen atoms in total. The number of nitrogens with zero attached hydrogens (tertiary/aromatic N) is 5. The van der Waals surface area contributed by atoms with Crippen molar-refractivity contribution < 1.29 is 0 Å². The summed E-state index contributed by atoms with van der Waals surface area (Å²) in [6.07, 6.45) is 1.24. The van der Waals surface area contributed by atoms with Crippen molar-refractivity contribution >= 4 is 5.95 Å². The average Bonchev–Trinajstić information content (AvgIpc) is 2.96. The van der Waals surface area contributed by atoms with Crippen molar-refractivity contribution in [3.8, 4) is 0 Å². The van der Waals surface area contributed by atoms with Crippen molar-refractivity contribution in [3.63, 3.8) is 0 Å². The third-order valence-electron chi connectivity index (χ3n) is 4.79. The van der Waals surface area contributed by atoms with Crippen molar-refractivity contribution in [3.05, 3.63) is 17.5 Å². The Morgan fingerprint density at radius 2 is 1.71 bits per heavy atom. The first-order valence-corrected chi connectivity index (χ1v) is 8.19. The number of anilines is 1. The largest absolute Gasteiger partial charge is 0.339 e. The lowest BCUT2D eigenvalue weighted by atomic mass is 10.2. The van der Waals surface area contributed by atoms with Gasteiger partial charge in [0.15, 0.2) is 0 Å². The Kier molecular flexibility index (Phi) is 4.40. The van der Waals surface area contributed by atoms with Crippen LogP contribution in [0.15, 0.2) is 6.07 Å². The quantitative estimate of drug-likeness (QED) is 0.838. The molecule has 0 aromatic carbocycles. The summed E-state index contributed by atoms with van der Waals surface area (Å²) in [7, 11) is 0. The molecule has 2 saturated heterocycles. The van der Waals surface area contributed by atoms with Gasteiger partial charge in [-0.2, -0.15) is 0 Å². The fourth-order valence-corrected chi connectivity index (χ4v) is 3.51. The van der Waals surface area contributed by atoms with Crippen LogP contribution in [0.5, 0.6) is 0 Å². The number of likely N-dealkylation sites (N-methyl/N-ethyl adjacent to an activating group) is 1. The molecule has 5 heteroatoms. The summed E-state index contributed by atoms with van der Waals surface area (Å²) in [4.78, 5) is 16.8. The minimum absolute atomic E-state index is 0.674. The van der Waals surface area contributed by atoms with Gasteiger partial charge < -0.3 is 9.80 Å². The summed E-state index contributed by atoms with van der Waals surface area (Å²) in [5, 5.41) is 0. The number of piperazine rings is 1. The summed E-state index contributed by atoms with van der Waals surface area (Å²) in [5.41, 5.74) is 2.13. The van der Waals surface area contributed by atoms with Crippen LogP contribution >= 0.6 is 0 Å². The zero-order chi connectivity index (χ0) is 14.8. The lowest BCUT2D eigenvalue weighted by Gasteiger charge is -2.37. The SMILES string of the molecule is CCN1CCN(C2CCN(c3nc(C)cc(C)n3)C2)CC1. The van der Waals surface area contributed by atoms with E-state index in [2.05, 4.69) is 45.4 Å². The first kappa shape index (κ1) is 14.7. The Bertz CT molecular complexity index is 461. The van der Waals surface area contributed by atoms with E-state index < -0.39 is 0 Å². The zero-order valence-electron chi connectivity index (χ0n) is 13.5. The second-order valence-electron chi connectivity index (χ2n) is 6.31. The van der Waals surface area contributed by atoms with E-state index in [0.29, 0.717) is 6.04 Å². The van der Waals surface area contributed by atoms with Gasteiger partial charge in [0.2, 0.25) is 5.95 Å². The van der Waals surface area contributed by atoms with E-state index in [-0.39, 0.29) is 0 Å². The highest BCUT2D eigenvalue weighted by Gasteiger charge is 2.30. The number of hydrogen-bond donors (Lipinski definition) is 0. The lowest BCUT2D eigenvalue weighted by Crippen LogP contribution is -2.50. The fraction of sp³-hybridized carbons (Fsp3) is 0.750. The van der Waals surface area contributed by atoms with Gasteiger partial charge in [0, 0.05) is 56.7 Å². The Labute approximate surface area is 128 Å². The molecule has 0 amide bonds. The van der Waals surface area contributed by atoms with Gasteiger partial charge in [-0.05, 0) is 32.9 Å². The number of hydrogen-bond acceptors (Lipinski definition) is 5. The van der Waals surface area contributed by atoms with Crippen LogP contribution in [0, 0.1) is 13.8 Å². The van der Waals surface area contributed by atoms with Crippen molar-refractivity contribution in [2.24, 2.45) is 0 Å². The van der Waals surface area contributed by atoms with Crippen molar-refractivity contribution in [1.82, 2.24) is 19.8 Å². The molecule has 3 heterocycles. The zero-order valence-corrected chi connectivity index (χ0v) is 13.5. The van der Waals surface area contributed by atoms with Crippen LogP contribution in [0.4, 0.5) is 5.95 Å². The summed E-state index contributed by atoms with van der Waals surface area (Å²) < 4.78 is 0. The predicted octanol–water partition coefficient (Wildman–Crippen LogP) is 1.31. The molecule has 2 fully saturated rings. The summed E-state index contributed by atoms with van der Waals surface area (Å²) in [6.45, 7) is 14.5. The van der Waals surface area contributed by atoms with Gasteiger partial charge in [-0.25, -0.2) is 9.97 Å². The van der Waals surface area contributed by atoms with Crippen molar-refractivity contribution in [2.75, 3.05) is 50.7 Å². The highest BCUT2D eigenvalue weighted by molar-refractivity contribution is 5.34. The first-order chi connectivity index (χ1) is 10.2. The second kappa shape index (κ2) is 6.28. The minimum Gasteiger partial charge on any atom is -0.339 e. The maximum atomic E-state index is 4.61. The Hall–Kier alpha value is -1.20. The Balaban J connectivity index is 1.60. The third kappa shape index (κ3) is 3.35. The summed E-state index contributed by atoms with van der Waals surface area (Å²) in [6, 6.07) is 2.72. The van der Waals surface area contributed by atoms with E-state index in [0.717, 1.165) is 30.4 Å². The minimum atomic E-state index is 0.674. The van der Waals surface area contributed by atoms with Crippen LogP contribution in [-0.2, 0) is 0 Å². The number of rotatable bonds is 3. The van der Waals surface area contributed by atoms with Crippen LogP contribution < -0.4 is 4.90 Å². The fourth-order valence-electron chi connectivity index (χ4n) is 3.51. The van der Waals surface area contributed by atoms with Gasteiger partial charge in [-0.3, -0.25) is 4.90 Å². The molecule has 2 aliphatic heterocycles. The molecular formula is C16H27N5. The highest BCUT2D eigenvalue weighted by atomic mass is 15.3. The molecular weight excluding hydrogens is 262 g/mol. The molecule has 0 radical (unpaired) electrons. The van der Waals surface area contributed by atoms with Gasteiger partial charge >= 0.3 is 0 Å². The smallest absolute Gasteiger partial charge is 0.225 e. The maximum Gasteiger partial charge on any atom is 0.225 e. The van der Waals surface area contributed by atoms with E-state index in [9.17, 15) is 0 Å². The molecule has 0 spiro atoms. The van der Waals surface area contributed by atoms with Crippen LogP contribution in [-0.4, -0.2) is 71.6 Å². The molecule has 116 valence electrons. The summed E-state index contributed by atoms with van der Waals surface area (Å²) >= 11 is 0. The molecule has 0 bridgehead atoms. The topological polar surface area (TPSA) is 35.5 Å². The van der Waals surface area contributed by atoms with E-state index in [4.69, 9.17) is 0 Å². The molecule has 2 aliphatic rings. The van der Waals surface area contributed by atoms with E-state index in [1.807, 2.05) is 6.07 Å². The molecule has 1 aromatic heterocycles. The predicted molar refractivity (Wildman–Crippen MR) is 85.8 cm³/mol. The lowest BCUT2D eigenvalue weighted by molar-refractivity contribution is 0.107. The summed E-state index contributed by atoms with van der Waals surface area (Å²) in [5.74, 6) is 0.919.